The normalized spacial score (nSPS) is 14.7. The molecule has 0 aromatic heterocycles. The number of hydrogen-bond donors (Lipinski definition) is 3. The largest absolute Gasteiger partial charge is 0.326 e. The predicted molar refractivity (Wildman–Crippen MR) is 176 cm³/mol. The maximum absolute atomic E-state index is 13.3. The van der Waals surface area contributed by atoms with E-state index in [2.05, 4.69) is 16.0 Å². The molecule has 1 heterocycles. The number of amides is 5. The van der Waals surface area contributed by atoms with E-state index in [9.17, 15) is 24.0 Å². The average molecular weight is 619 g/mol. The van der Waals surface area contributed by atoms with Crippen LogP contribution in [0.25, 0.3) is 6.08 Å². The number of aryl methyl sites for hydroxylation is 1. The maximum Gasteiger partial charge on any atom is 0.272 e. The minimum absolute atomic E-state index is 0.0453. The molecular formula is C35H30N4O5S. The Kier molecular flexibility index (Phi) is 9.54. The molecule has 1 fully saturated rings. The number of nitrogens with one attached hydrogen (secondary N) is 3. The molecule has 4 aromatic rings. The van der Waals surface area contributed by atoms with Crippen LogP contribution in [0.4, 0.5) is 17.1 Å². The number of imide groups is 1. The van der Waals surface area contributed by atoms with E-state index in [1.807, 2.05) is 31.2 Å². The smallest absolute Gasteiger partial charge is 0.272 e. The zero-order valence-corrected chi connectivity index (χ0v) is 25.4. The van der Waals surface area contributed by atoms with Crippen molar-refractivity contribution in [1.29, 1.82) is 0 Å². The molecule has 1 aliphatic heterocycles. The van der Waals surface area contributed by atoms with Crippen LogP contribution >= 0.6 is 11.8 Å². The summed E-state index contributed by atoms with van der Waals surface area (Å²) in [6.07, 6.45) is 1.67. The summed E-state index contributed by atoms with van der Waals surface area (Å²) in [5, 5.41) is 7.61. The van der Waals surface area contributed by atoms with Gasteiger partial charge in [0.15, 0.2) is 0 Å². The fraction of sp³-hybridized carbons (Fsp3) is 0.114. The highest BCUT2D eigenvalue weighted by Gasteiger charge is 2.40. The predicted octanol–water partition coefficient (Wildman–Crippen LogP) is 5.79. The molecule has 226 valence electrons. The standard InChI is InChI=1S/C35H30N4O5S/c1-22-7-6-8-24(19-22)20-30(38-33(42)25-9-4-3-5-10-25)34(43)37-27-13-17-29(18-14-27)45-31-21-32(41)39(35(31)44)28-15-11-26(12-16-28)36-23(2)40/h3-20,31H,21H2,1-2H3,(H,36,40)(H,37,43)(H,38,42)/b30-20-. The van der Waals surface area contributed by atoms with Crippen molar-refractivity contribution in [2.45, 2.75) is 30.4 Å². The SMILES string of the molecule is CC(=O)Nc1ccc(N2C(=O)CC(Sc3ccc(NC(=O)/C(=C/c4cccc(C)c4)NC(=O)c4ccccc4)cc3)C2=O)cc1. The first-order chi connectivity index (χ1) is 21.7. The number of anilines is 3. The molecule has 5 rings (SSSR count). The molecule has 0 saturated carbocycles. The molecular weight excluding hydrogens is 588 g/mol. The number of rotatable bonds is 9. The van der Waals surface area contributed by atoms with Crippen LogP contribution in [0, 0.1) is 6.92 Å². The monoisotopic (exact) mass is 618 g/mol. The van der Waals surface area contributed by atoms with Crippen molar-refractivity contribution < 1.29 is 24.0 Å². The van der Waals surface area contributed by atoms with Crippen molar-refractivity contribution in [3.05, 3.63) is 126 Å². The lowest BCUT2D eigenvalue weighted by atomic mass is 10.1. The van der Waals surface area contributed by atoms with Gasteiger partial charge in [-0.05, 0) is 79.2 Å². The molecule has 5 amide bonds. The molecule has 45 heavy (non-hydrogen) atoms. The summed E-state index contributed by atoms with van der Waals surface area (Å²) in [5.74, 6) is -1.76. The fourth-order valence-electron chi connectivity index (χ4n) is 4.71. The van der Waals surface area contributed by atoms with Crippen LogP contribution < -0.4 is 20.9 Å². The number of nitrogens with zero attached hydrogens (tertiary/aromatic N) is 1. The Hall–Kier alpha value is -5.48. The molecule has 10 heteroatoms. The van der Waals surface area contributed by atoms with Gasteiger partial charge in [0.05, 0.1) is 10.9 Å². The van der Waals surface area contributed by atoms with E-state index >= 15 is 0 Å². The van der Waals surface area contributed by atoms with E-state index in [0.29, 0.717) is 22.6 Å². The third-order valence-electron chi connectivity index (χ3n) is 6.82. The molecule has 1 saturated heterocycles. The van der Waals surface area contributed by atoms with E-state index in [1.54, 1.807) is 84.9 Å². The summed E-state index contributed by atoms with van der Waals surface area (Å²) in [6.45, 7) is 3.34. The summed E-state index contributed by atoms with van der Waals surface area (Å²) >= 11 is 1.27. The Labute approximate surface area is 264 Å². The lowest BCUT2D eigenvalue weighted by Crippen LogP contribution is -2.31. The number of thioether (sulfide) groups is 1. The lowest BCUT2D eigenvalue weighted by molar-refractivity contribution is -0.121. The van der Waals surface area contributed by atoms with Gasteiger partial charge in [0.1, 0.15) is 5.70 Å². The Morgan fingerprint density at radius 2 is 1.49 bits per heavy atom. The highest BCUT2D eigenvalue weighted by molar-refractivity contribution is 8.00. The summed E-state index contributed by atoms with van der Waals surface area (Å²) in [5.41, 5.74) is 3.76. The van der Waals surface area contributed by atoms with Gasteiger partial charge in [-0.15, -0.1) is 11.8 Å². The van der Waals surface area contributed by atoms with Crippen molar-refractivity contribution in [3.8, 4) is 0 Å². The molecule has 0 radical (unpaired) electrons. The quantitative estimate of drug-likeness (QED) is 0.161. The lowest BCUT2D eigenvalue weighted by Gasteiger charge is -2.15. The zero-order chi connectivity index (χ0) is 31.9. The van der Waals surface area contributed by atoms with Crippen molar-refractivity contribution in [3.63, 3.8) is 0 Å². The van der Waals surface area contributed by atoms with Gasteiger partial charge in [-0.25, -0.2) is 4.90 Å². The maximum atomic E-state index is 13.3. The van der Waals surface area contributed by atoms with E-state index in [1.165, 1.54) is 18.7 Å². The first-order valence-corrected chi connectivity index (χ1v) is 15.0. The van der Waals surface area contributed by atoms with E-state index in [4.69, 9.17) is 0 Å². The third-order valence-corrected chi connectivity index (χ3v) is 8.02. The van der Waals surface area contributed by atoms with Gasteiger partial charge in [-0.2, -0.15) is 0 Å². The second-order valence-electron chi connectivity index (χ2n) is 10.4. The molecule has 4 aromatic carbocycles. The van der Waals surface area contributed by atoms with Gasteiger partial charge in [-0.1, -0.05) is 48.0 Å². The number of benzene rings is 4. The molecule has 1 aliphatic rings. The van der Waals surface area contributed by atoms with E-state index < -0.39 is 17.1 Å². The van der Waals surface area contributed by atoms with Gasteiger partial charge in [0, 0.05) is 35.2 Å². The van der Waals surface area contributed by atoms with Gasteiger partial charge in [0.2, 0.25) is 17.7 Å². The van der Waals surface area contributed by atoms with Crippen molar-refractivity contribution in [2.75, 3.05) is 15.5 Å². The Balaban J connectivity index is 1.26. The van der Waals surface area contributed by atoms with Crippen LogP contribution in [0.1, 0.15) is 34.8 Å². The summed E-state index contributed by atoms with van der Waals surface area (Å²) < 4.78 is 0. The van der Waals surface area contributed by atoms with Gasteiger partial charge >= 0.3 is 0 Å². The van der Waals surface area contributed by atoms with Crippen molar-refractivity contribution in [2.24, 2.45) is 0 Å². The van der Waals surface area contributed by atoms with Crippen LogP contribution in [0.5, 0.6) is 0 Å². The van der Waals surface area contributed by atoms with Gasteiger partial charge in [-0.3, -0.25) is 24.0 Å². The Bertz CT molecular complexity index is 1790. The average Bonchev–Trinajstić information content (AvgIpc) is 3.30. The van der Waals surface area contributed by atoms with Crippen LogP contribution in [0.2, 0.25) is 0 Å². The Morgan fingerprint density at radius 3 is 2.16 bits per heavy atom. The van der Waals surface area contributed by atoms with Crippen LogP contribution in [-0.4, -0.2) is 34.8 Å². The Morgan fingerprint density at radius 1 is 0.822 bits per heavy atom. The van der Waals surface area contributed by atoms with Crippen LogP contribution in [-0.2, 0) is 19.2 Å². The molecule has 0 spiro atoms. The highest BCUT2D eigenvalue weighted by Crippen LogP contribution is 2.34. The van der Waals surface area contributed by atoms with Gasteiger partial charge in [0.25, 0.3) is 11.8 Å². The molecule has 0 bridgehead atoms. The molecule has 1 atom stereocenters. The van der Waals surface area contributed by atoms with Crippen molar-refractivity contribution in [1.82, 2.24) is 5.32 Å². The highest BCUT2D eigenvalue weighted by atomic mass is 32.2. The number of hydrogen-bond acceptors (Lipinski definition) is 6. The molecule has 9 nitrogen and oxygen atoms in total. The third kappa shape index (κ3) is 7.92. The summed E-state index contributed by atoms with van der Waals surface area (Å²) in [7, 11) is 0. The van der Waals surface area contributed by atoms with Crippen molar-refractivity contribution >= 4 is 64.4 Å². The van der Waals surface area contributed by atoms with Crippen LogP contribution in [0.15, 0.2) is 114 Å². The first kappa shape index (κ1) is 31.0. The van der Waals surface area contributed by atoms with E-state index in [-0.39, 0.29) is 29.8 Å². The molecule has 3 N–H and O–H groups in total. The zero-order valence-electron chi connectivity index (χ0n) is 24.6. The second kappa shape index (κ2) is 13.9. The minimum atomic E-state index is -0.606. The van der Waals surface area contributed by atoms with Crippen LogP contribution in [0.3, 0.4) is 0 Å². The van der Waals surface area contributed by atoms with Gasteiger partial charge < -0.3 is 16.0 Å². The molecule has 1 unspecified atom stereocenters. The summed E-state index contributed by atoms with van der Waals surface area (Å²) in [4.78, 5) is 65.3. The summed E-state index contributed by atoms with van der Waals surface area (Å²) in [6, 6.07) is 29.6. The first-order valence-electron chi connectivity index (χ1n) is 14.1. The topological polar surface area (TPSA) is 125 Å². The number of carbonyl (C=O) groups excluding carboxylic acids is 5. The second-order valence-corrected chi connectivity index (χ2v) is 11.7. The fourth-order valence-corrected chi connectivity index (χ4v) is 5.77. The minimum Gasteiger partial charge on any atom is -0.326 e. The van der Waals surface area contributed by atoms with E-state index in [0.717, 1.165) is 20.9 Å². The number of carbonyl (C=O) groups is 5. The molecule has 0 aliphatic carbocycles.